The lowest BCUT2D eigenvalue weighted by Crippen LogP contribution is -2.28. The number of anilines is 2. The first-order valence-electron chi connectivity index (χ1n) is 7.93. The van der Waals surface area contributed by atoms with Crippen LogP contribution in [-0.2, 0) is 0 Å². The molecule has 0 aliphatic heterocycles. The van der Waals surface area contributed by atoms with E-state index in [1.807, 2.05) is 20.8 Å². The summed E-state index contributed by atoms with van der Waals surface area (Å²) in [6.45, 7) is 6.47. The highest BCUT2D eigenvalue weighted by Gasteiger charge is 2.15. The molecule has 0 radical (unpaired) electrons. The van der Waals surface area contributed by atoms with E-state index in [0.29, 0.717) is 35.0 Å². The fraction of sp³-hybridized carbons (Fsp3) is 0.263. The van der Waals surface area contributed by atoms with Crippen LogP contribution in [-0.4, -0.2) is 18.4 Å². The second kappa shape index (κ2) is 7.64. The van der Waals surface area contributed by atoms with Gasteiger partial charge in [0.15, 0.2) is 0 Å². The molecule has 24 heavy (non-hydrogen) atoms. The van der Waals surface area contributed by atoms with Gasteiger partial charge < -0.3 is 16.4 Å². The summed E-state index contributed by atoms with van der Waals surface area (Å²) in [7, 11) is 0. The average Bonchev–Trinajstić information content (AvgIpc) is 2.55. The number of carbonyl (C=O) groups is 2. The number of nitrogen functional groups attached to an aromatic ring is 1. The molecule has 2 aromatic carbocycles. The Morgan fingerprint density at radius 2 is 1.75 bits per heavy atom. The fourth-order valence-electron chi connectivity index (χ4n) is 2.26. The van der Waals surface area contributed by atoms with Crippen molar-refractivity contribution in [1.29, 1.82) is 0 Å². The van der Waals surface area contributed by atoms with Crippen molar-refractivity contribution in [3.63, 3.8) is 0 Å². The molecule has 0 spiro atoms. The summed E-state index contributed by atoms with van der Waals surface area (Å²) in [6, 6.07) is 12.1. The maximum Gasteiger partial charge on any atom is 0.256 e. The van der Waals surface area contributed by atoms with Crippen LogP contribution in [0.3, 0.4) is 0 Å². The van der Waals surface area contributed by atoms with Gasteiger partial charge in [-0.25, -0.2) is 0 Å². The molecular weight excluding hydrogens is 302 g/mol. The normalized spacial score (nSPS) is 10.5. The van der Waals surface area contributed by atoms with Crippen LogP contribution in [0.2, 0.25) is 0 Å². The number of nitrogens with two attached hydrogens (primary N) is 1. The first-order valence-corrected chi connectivity index (χ1v) is 7.93. The second-order valence-corrected chi connectivity index (χ2v) is 6.18. The number of hydrogen-bond donors (Lipinski definition) is 3. The molecule has 0 aliphatic carbocycles. The van der Waals surface area contributed by atoms with Crippen molar-refractivity contribution in [3.8, 4) is 0 Å². The van der Waals surface area contributed by atoms with E-state index in [1.54, 1.807) is 42.5 Å². The van der Waals surface area contributed by atoms with Gasteiger partial charge in [0.25, 0.3) is 11.8 Å². The molecule has 0 saturated heterocycles. The molecule has 0 heterocycles. The first-order chi connectivity index (χ1) is 11.4. The molecule has 126 valence electrons. The first kappa shape index (κ1) is 17.5. The fourth-order valence-corrected chi connectivity index (χ4v) is 2.26. The standard InChI is InChI=1S/C19H23N3O2/c1-12(2)11-21-18(23)15-6-4-5-7-17(15)22-19(24)16-10-14(20)9-8-13(16)3/h4-10,12H,11,20H2,1-3H3,(H,21,23)(H,22,24). The van der Waals surface area contributed by atoms with Gasteiger partial charge in [0.05, 0.1) is 11.3 Å². The number of hydrogen-bond acceptors (Lipinski definition) is 3. The van der Waals surface area contributed by atoms with Crippen molar-refractivity contribution in [2.24, 2.45) is 5.92 Å². The SMILES string of the molecule is Cc1ccc(N)cc1C(=O)Nc1ccccc1C(=O)NCC(C)C. The molecule has 0 fully saturated rings. The number of amides is 2. The van der Waals surface area contributed by atoms with Gasteiger partial charge in [-0.1, -0.05) is 32.0 Å². The van der Waals surface area contributed by atoms with Gasteiger partial charge in [-0.15, -0.1) is 0 Å². The van der Waals surface area contributed by atoms with E-state index in [9.17, 15) is 9.59 Å². The Morgan fingerprint density at radius 3 is 2.46 bits per heavy atom. The summed E-state index contributed by atoms with van der Waals surface area (Å²) in [5, 5.41) is 5.67. The number of benzene rings is 2. The second-order valence-electron chi connectivity index (χ2n) is 6.18. The van der Waals surface area contributed by atoms with Crippen LogP contribution in [0.4, 0.5) is 11.4 Å². The number of para-hydroxylation sites is 1. The molecule has 0 saturated carbocycles. The van der Waals surface area contributed by atoms with Crippen LogP contribution >= 0.6 is 0 Å². The average molecular weight is 325 g/mol. The van der Waals surface area contributed by atoms with Gasteiger partial charge >= 0.3 is 0 Å². The minimum absolute atomic E-state index is 0.205. The molecule has 0 atom stereocenters. The zero-order chi connectivity index (χ0) is 17.7. The maximum absolute atomic E-state index is 12.5. The summed E-state index contributed by atoms with van der Waals surface area (Å²) in [5.74, 6) is -0.140. The number of carbonyl (C=O) groups excluding carboxylic acids is 2. The Balaban J connectivity index is 2.22. The van der Waals surface area contributed by atoms with Crippen molar-refractivity contribution in [1.82, 2.24) is 5.32 Å². The van der Waals surface area contributed by atoms with Crippen LogP contribution in [0.25, 0.3) is 0 Å². The van der Waals surface area contributed by atoms with E-state index in [4.69, 9.17) is 5.73 Å². The Morgan fingerprint density at radius 1 is 1.04 bits per heavy atom. The highest BCUT2D eigenvalue weighted by molar-refractivity contribution is 6.09. The predicted octanol–water partition coefficient (Wildman–Crippen LogP) is 3.22. The number of rotatable bonds is 5. The van der Waals surface area contributed by atoms with Crippen LogP contribution in [0.5, 0.6) is 0 Å². The van der Waals surface area contributed by atoms with Gasteiger partial charge in [-0.2, -0.15) is 0 Å². The van der Waals surface area contributed by atoms with Crippen molar-refractivity contribution in [3.05, 3.63) is 59.2 Å². The van der Waals surface area contributed by atoms with Crippen molar-refractivity contribution >= 4 is 23.2 Å². The molecule has 4 N–H and O–H groups in total. The van der Waals surface area contributed by atoms with Crippen molar-refractivity contribution in [2.75, 3.05) is 17.6 Å². The third kappa shape index (κ3) is 4.35. The topological polar surface area (TPSA) is 84.2 Å². The van der Waals surface area contributed by atoms with Gasteiger partial charge in [0.1, 0.15) is 0 Å². The molecule has 5 nitrogen and oxygen atoms in total. The maximum atomic E-state index is 12.5. The van der Waals surface area contributed by atoms with Gasteiger partial charge in [0, 0.05) is 17.8 Å². The third-order valence-corrected chi connectivity index (χ3v) is 3.60. The van der Waals surface area contributed by atoms with E-state index in [0.717, 1.165) is 5.56 Å². The number of nitrogens with one attached hydrogen (secondary N) is 2. The van der Waals surface area contributed by atoms with Crippen LogP contribution in [0.15, 0.2) is 42.5 Å². The molecule has 5 heteroatoms. The Kier molecular flexibility index (Phi) is 5.58. The van der Waals surface area contributed by atoms with E-state index in [1.165, 1.54) is 0 Å². The Labute approximate surface area is 142 Å². The van der Waals surface area contributed by atoms with Crippen LogP contribution in [0, 0.1) is 12.8 Å². The number of aryl methyl sites for hydroxylation is 1. The summed E-state index contributed by atoms with van der Waals surface area (Å²) in [4.78, 5) is 24.9. The molecule has 2 rings (SSSR count). The highest BCUT2D eigenvalue weighted by Crippen LogP contribution is 2.19. The smallest absolute Gasteiger partial charge is 0.256 e. The van der Waals surface area contributed by atoms with Gasteiger partial charge in [-0.3, -0.25) is 9.59 Å². The van der Waals surface area contributed by atoms with Crippen molar-refractivity contribution < 1.29 is 9.59 Å². The molecular formula is C19H23N3O2. The quantitative estimate of drug-likeness (QED) is 0.738. The lowest BCUT2D eigenvalue weighted by molar-refractivity contribution is 0.0950. The molecule has 2 amide bonds. The molecule has 0 aromatic heterocycles. The molecule has 0 aliphatic rings. The van der Waals surface area contributed by atoms with E-state index in [2.05, 4.69) is 10.6 Å². The van der Waals surface area contributed by atoms with Crippen LogP contribution in [0.1, 0.15) is 40.1 Å². The third-order valence-electron chi connectivity index (χ3n) is 3.60. The molecule has 0 bridgehead atoms. The van der Waals surface area contributed by atoms with Gasteiger partial charge in [0.2, 0.25) is 0 Å². The van der Waals surface area contributed by atoms with E-state index < -0.39 is 0 Å². The largest absolute Gasteiger partial charge is 0.399 e. The molecule has 0 unspecified atom stereocenters. The summed E-state index contributed by atoms with van der Waals surface area (Å²) >= 11 is 0. The van der Waals surface area contributed by atoms with E-state index >= 15 is 0 Å². The zero-order valence-corrected chi connectivity index (χ0v) is 14.2. The predicted molar refractivity (Wildman–Crippen MR) is 97.2 cm³/mol. The summed E-state index contributed by atoms with van der Waals surface area (Å²) in [5.41, 5.74) is 8.51. The van der Waals surface area contributed by atoms with Gasteiger partial charge in [-0.05, 0) is 42.7 Å². The minimum Gasteiger partial charge on any atom is -0.399 e. The minimum atomic E-state index is -0.288. The lowest BCUT2D eigenvalue weighted by Gasteiger charge is -2.13. The zero-order valence-electron chi connectivity index (χ0n) is 14.2. The Hall–Kier alpha value is -2.82. The monoisotopic (exact) mass is 325 g/mol. The Bertz CT molecular complexity index is 754. The summed E-state index contributed by atoms with van der Waals surface area (Å²) in [6.07, 6.45) is 0. The van der Waals surface area contributed by atoms with E-state index in [-0.39, 0.29) is 11.8 Å². The van der Waals surface area contributed by atoms with Crippen molar-refractivity contribution in [2.45, 2.75) is 20.8 Å². The highest BCUT2D eigenvalue weighted by atomic mass is 16.2. The van der Waals surface area contributed by atoms with Crippen LogP contribution < -0.4 is 16.4 Å². The summed E-state index contributed by atoms with van der Waals surface area (Å²) < 4.78 is 0. The molecule has 2 aromatic rings. The lowest BCUT2D eigenvalue weighted by atomic mass is 10.1.